The molecule has 0 aliphatic carbocycles. The van der Waals surface area contributed by atoms with E-state index in [4.69, 9.17) is 4.74 Å². The van der Waals surface area contributed by atoms with Crippen molar-refractivity contribution in [3.8, 4) is 22.8 Å². The van der Waals surface area contributed by atoms with Crippen LogP contribution < -0.4 is 10.2 Å². The molecule has 0 aliphatic heterocycles. The molecule has 0 fully saturated rings. The highest BCUT2D eigenvalue weighted by atomic mass is 79.9. The van der Waals surface area contributed by atoms with E-state index in [2.05, 4.69) is 36.7 Å². The zero-order chi connectivity index (χ0) is 19.2. The third-order valence-electron chi connectivity index (χ3n) is 3.66. The average molecular weight is 429 g/mol. The van der Waals surface area contributed by atoms with E-state index in [1.807, 2.05) is 31.2 Å². The van der Waals surface area contributed by atoms with Crippen LogP contribution in [-0.2, 0) is 0 Å². The molecule has 3 aromatic rings. The second kappa shape index (κ2) is 8.50. The number of ether oxygens (including phenoxy) is 1. The van der Waals surface area contributed by atoms with Crippen LogP contribution in [0, 0.1) is 0 Å². The number of hydrogen-bond acceptors (Lipinski definition) is 5. The van der Waals surface area contributed by atoms with Crippen molar-refractivity contribution in [3.05, 3.63) is 64.3 Å². The van der Waals surface area contributed by atoms with Crippen molar-refractivity contribution in [2.45, 2.75) is 6.92 Å². The fourth-order valence-electron chi connectivity index (χ4n) is 2.34. The number of amides is 1. The summed E-state index contributed by atoms with van der Waals surface area (Å²) in [5.74, 6) is -0.112. The Kier molecular flexibility index (Phi) is 5.87. The largest absolute Gasteiger partial charge is 0.504 e. The second-order valence-electron chi connectivity index (χ2n) is 5.50. The number of nitrogens with zero attached hydrogens (tertiary/aromatic N) is 2. The van der Waals surface area contributed by atoms with Gasteiger partial charge in [-0.2, -0.15) is 10.2 Å². The predicted octanol–water partition coefficient (Wildman–Crippen LogP) is 3.71. The first-order chi connectivity index (χ1) is 13.1. The summed E-state index contributed by atoms with van der Waals surface area (Å²) in [7, 11) is 0. The zero-order valence-electron chi connectivity index (χ0n) is 14.4. The number of para-hydroxylation sites is 1. The van der Waals surface area contributed by atoms with Gasteiger partial charge in [0.05, 0.1) is 18.5 Å². The highest BCUT2D eigenvalue weighted by Crippen LogP contribution is 2.28. The molecular formula is C19H17BrN4O3. The maximum absolute atomic E-state index is 12.2. The number of rotatable bonds is 6. The number of aromatic amines is 1. The number of carbonyl (C=O) groups excluding carboxylic acids is 1. The second-order valence-corrected chi connectivity index (χ2v) is 6.42. The monoisotopic (exact) mass is 428 g/mol. The molecule has 0 saturated carbocycles. The molecule has 0 spiro atoms. The van der Waals surface area contributed by atoms with Crippen molar-refractivity contribution >= 4 is 28.1 Å². The third kappa shape index (κ3) is 4.53. The Morgan fingerprint density at radius 3 is 2.85 bits per heavy atom. The van der Waals surface area contributed by atoms with Crippen LogP contribution in [-0.4, -0.2) is 34.0 Å². The van der Waals surface area contributed by atoms with Crippen molar-refractivity contribution in [1.82, 2.24) is 15.6 Å². The van der Waals surface area contributed by atoms with Crippen molar-refractivity contribution in [2.75, 3.05) is 6.61 Å². The number of phenolic OH excluding ortho intramolecular Hbond substituents is 1. The van der Waals surface area contributed by atoms with E-state index in [0.29, 0.717) is 23.6 Å². The Hall–Kier alpha value is -3.13. The molecule has 27 heavy (non-hydrogen) atoms. The standard InChI is InChI=1S/C19H17BrN4O3/c1-2-27-17-5-3-4-13(18(17)25)11-21-24-19(26)16-10-15(22-23-16)12-6-8-14(20)9-7-12/h3-11,25H,2H2,1H3,(H,22,23)(H,24,26). The smallest absolute Gasteiger partial charge is 0.289 e. The van der Waals surface area contributed by atoms with Gasteiger partial charge in [-0.05, 0) is 37.3 Å². The van der Waals surface area contributed by atoms with Crippen LogP contribution in [0.3, 0.4) is 0 Å². The lowest BCUT2D eigenvalue weighted by Gasteiger charge is -2.07. The van der Waals surface area contributed by atoms with Gasteiger partial charge in [0.15, 0.2) is 11.5 Å². The summed E-state index contributed by atoms with van der Waals surface area (Å²) in [6.45, 7) is 2.26. The van der Waals surface area contributed by atoms with E-state index in [0.717, 1.165) is 10.0 Å². The first-order valence-electron chi connectivity index (χ1n) is 8.18. The Morgan fingerprint density at radius 1 is 1.33 bits per heavy atom. The van der Waals surface area contributed by atoms with Crippen molar-refractivity contribution < 1.29 is 14.6 Å². The van der Waals surface area contributed by atoms with Crippen LogP contribution in [0.4, 0.5) is 0 Å². The molecule has 8 heteroatoms. The van der Waals surface area contributed by atoms with E-state index in [1.165, 1.54) is 6.21 Å². The highest BCUT2D eigenvalue weighted by molar-refractivity contribution is 9.10. The van der Waals surface area contributed by atoms with Gasteiger partial charge in [0.25, 0.3) is 5.91 Å². The van der Waals surface area contributed by atoms with Gasteiger partial charge in [-0.1, -0.05) is 34.1 Å². The first-order valence-corrected chi connectivity index (χ1v) is 8.97. The minimum atomic E-state index is -0.442. The fourth-order valence-corrected chi connectivity index (χ4v) is 2.61. The number of hydrazone groups is 1. The van der Waals surface area contributed by atoms with Crippen molar-refractivity contribution in [1.29, 1.82) is 0 Å². The number of carbonyl (C=O) groups is 1. The lowest BCUT2D eigenvalue weighted by Crippen LogP contribution is -2.18. The summed E-state index contributed by atoms with van der Waals surface area (Å²) in [5.41, 5.74) is 4.64. The molecule has 0 bridgehead atoms. The van der Waals surface area contributed by atoms with Gasteiger partial charge in [0.1, 0.15) is 5.69 Å². The minimum Gasteiger partial charge on any atom is -0.504 e. The molecule has 1 amide bonds. The van der Waals surface area contributed by atoms with Crippen molar-refractivity contribution in [2.24, 2.45) is 5.10 Å². The van der Waals surface area contributed by atoms with Gasteiger partial charge in [-0.25, -0.2) is 5.43 Å². The minimum absolute atomic E-state index is 0.0311. The van der Waals surface area contributed by atoms with E-state index < -0.39 is 5.91 Å². The maximum atomic E-state index is 12.2. The SMILES string of the molecule is CCOc1cccc(C=NNC(=O)c2cc(-c3ccc(Br)cc3)n[nH]2)c1O. The summed E-state index contributed by atoms with van der Waals surface area (Å²) < 4.78 is 6.27. The molecule has 1 heterocycles. The summed E-state index contributed by atoms with van der Waals surface area (Å²) in [4.78, 5) is 12.2. The number of H-pyrrole nitrogens is 1. The molecule has 3 N–H and O–H groups in total. The van der Waals surface area contributed by atoms with Crippen LogP contribution in [0.15, 0.2) is 58.1 Å². The molecule has 138 valence electrons. The normalized spacial score (nSPS) is 10.9. The molecular weight excluding hydrogens is 412 g/mol. The van der Waals surface area contributed by atoms with Crippen LogP contribution in [0.1, 0.15) is 23.0 Å². The molecule has 0 saturated heterocycles. The zero-order valence-corrected chi connectivity index (χ0v) is 16.0. The number of benzene rings is 2. The Labute approximate surface area is 164 Å². The van der Waals surface area contributed by atoms with E-state index in [1.54, 1.807) is 24.3 Å². The Bertz CT molecular complexity index is 967. The number of nitrogens with one attached hydrogen (secondary N) is 2. The number of aromatic nitrogens is 2. The van der Waals surface area contributed by atoms with E-state index >= 15 is 0 Å². The Morgan fingerprint density at radius 2 is 2.11 bits per heavy atom. The molecule has 0 aliphatic rings. The van der Waals surface area contributed by atoms with Gasteiger partial charge in [-0.15, -0.1) is 0 Å². The van der Waals surface area contributed by atoms with Gasteiger partial charge >= 0.3 is 0 Å². The number of aromatic hydroxyl groups is 1. The van der Waals surface area contributed by atoms with Crippen LogP contribution in [0.25, 0.3) is 11.3 Å². The number of phenols is 1. The molecule has 0 radical (unpaired) electrons. The van der Waals surface area contributed by atoms with Crippen molar-refractivity contribution in [3.63, 3.8) is 0 Å². The molecule has 3 rings (SSSR count). The first kappa shape index (κ1) is 18.7. The summed E-state index contributed by atoms with van der Waals surface area (Å²) in [6, 6.07) is 14.3. The summed E-state index contributed by atoms with van der Waals surface area (Å²) in [5, 5.41) is 20.8. The fraction of sp³-hybridized carbons (Fsp3) is 0.105. The quantitative estimate of drug-likeness (QED) is 0.411. The lowest BCUT2D eigenvalue weighted by molar-refractivity contribution is 0.0950. The maximum Gasteiger partial charge on any atom is 0.289 e. The third-order valence-corrected chi connectivity index (χ3v) is 4.19. The van der Waals surface area contributed by atoms with Gasteiger partial charge in [0, 0.05) is 15.6 Å². The average Bonchev–Trinajstić information content (AvgIpc) is 3.15. The van der Waals surface area contributed by atoms with Crippen LogP contribution in [0.5, 0.6) is 11.5 Å². The van der Waals surface area contributed by atoms with Gasteiger partial charge in [-0.3, -0.25) is 9.89 Å². The molecule has 1 aromatic heterocycles. The predicted molar refractivity (Wildman–Crippen MR) is 106 cm³/mol. The highest BCUT2D eigenvalue weighted by Gasteiger charge is 2.11. The van der Waals surface area contributed by atoms with Gasteiger partial charge in [0.2, 0.25) is 0 Å². The molecule has 0 unspecified atom stereocenters. The van der Waals surface area contributed by atoms with Crippen LogP contribution in [0.2, 0.25) is 0 Å². The Balaban J connectivity index is 1.67. The molecule has 0 atom stereocenters. The number of halogens is 1. The van der Waals surface area contributed by atoms with E-state index in [-0.39, 0.29) is 11.4 Å². The summed E-state index contributed by atoms with van der Waals surface area (Å²) >= 11 is 3.38. The molecule has 7 nitrogen and oxygen atoms in total. The topological polar surface area (TPSA) is 99.6 Å². The molecule has 2 aromatic carbocycles. The number of hydrogen-bond donors (Lipinski definition) is 3. The van der Waals surface area contributed by atoms with E-state index in [9.17, 15) is 9.90 Å². The summed E-state index contributed by atoms with van der Waals surface area (Å²) in [6.07, 6.45) is 1.35. The van der Waals surface area contributed by atoms with Gasteiger partial charge < -0.3 is 9.84 Å². The van der Waals surface area contributed by atoms with Crippen LogP contribution >= 0.6 is 15.9 Å². The lowest BCUT2D eigenvalue weighted by atomic mass is 10.1.